The van der Waals surface area contributed by atoms with Crippen molar-refractivity contribution in [2.45, 2.75) is 52.1 Å². The Bertz CT molecular complexity index is 308. The van der Waals surface area contributed by atoms with Gasteiger partial charge in [-0.3, -0.25) is 9.69 Å². The number of carbonyl (C=O) groups is 1. The molecular weight excluding hydrogens is 238 g/mol. The highest BCUT2D eigenvalue weighted by Gasteiger charge is 2.36. The molecule has 0 aromatic rings. The van der Waals surface area contributed by atoms with Crippen LogP contribution in [0.1, 0.15) is 40.0 Å². The predicted octanol–water partition coefficient (Wildman–Crippen LogP) is 1.32. The van der Waals surface area contributed by atoms with E-state index in [1.54, 1.807) is 0 Å². The predicted molar refractivity (Wildman–Crippen MR) is 78.1 cm³/mol. The summed E-state index contributed by atoms with van der Waals surface area (Å²) >= 11 is 0. The normalized spacial score (nSPS) is 29.9. The highest BCUT2D eigenvalue weighted by atomic mass is 16.2. The summed E-state index contributed by atoms with van der Waals surface area (Å²) in [5.41, 5.74) is 0. The summed E-state index contributed by atoms with van der Waals surface area (Å²) in [5.74, 6) is 0.427. The van der Waals surface area contributed by atoms with Crippen molar-refractivity contribution in [1.29, 1.82) is 0 Å². The average molecular weight is 267 g/mol. The second kappa shape index (κ2) is 6.71. The third-order valence-corrected chi connectivity index (χ3v) is 4.59. The van der Waals surface area contributed by atoms with Gasteiger partial charge in [-0.05, 0) is 32.9 Å². The summed E-state index contributed by atoms with van der Waals surface area (Å²) in [4.78, 5) is 17.3. The van der Waals surface area contributed by atoms with Crippen molar-refractivity contribution in [3.05, 3.63) is 0 Å². The monoisotopic (exact) mass is 267 g/mol. The molecule has 4 heteroatoms. The Hall–Kier alpha value is -0.610. The van der Waals surface area contributed by atoms with Crippen molar-refractivity contribution < 1.29 is 4.79 Å². The van der Waals surface area contributed by atoms with Gasteiger partial charge in [0.25, 0.3) is 0 Å². The fourth-order valence-corrected chi connectivity index (χ4v) is 3.39. The Morgan fingerprint density at radius 2 is 2.16 bits per heavy atom. The molecule has 19 heavy (non-hydrogen) atoms. The SMILES string of the molecule is CCNCC(C)C(=O)N1CC2CCCCN2CC1C. The van der Waals surface area contributed by atoms with Gasteiger partial charge < -0.3 is 10.2 Å². The molecular formula is C15H29N3O. The van der Waals surface area contributed by atoms with E-state index in [1.165, 1.54) is 25.8 Å². The smallest absolute Gasteiger partial charge is 0.227 e. The van der Waals surface area contributed by atoms with Gasteiger partial charge in [0.2, 0.25) is 5.91 Å². The quantitative estimate of drug-likeness (QED) is 0.834. The average Bonchev–Trinajstić information content (AvgIpc) is 2.43. The zero-order chi connectivity index (χ0) is 13.8. The molecule has 2 saturated heterocycles. The molecule has 1 amide bonds. The molecule has 2 rings (SSSR count). The van der Waals surface area contributed by atoms with E-state index in [9.17, 15) is 4.79 Å². The van der Waals surface area contributed by atoms with Gasteiger partial charge in [-0.2, -0.15) is 0 Å². The van der Waals surface area contributed by atoms with Crippen molar-refractivity contribution in [1.82, 2.24) is 15.1 Å². The van der Waals surface area contributed by atoms with E-state index in [2.05, 4.69) is 29.0 Å². The number of hydrogen-bond donors (Lipinski definition) is 1. The van der Waals surface area contributed by atoms with Crippen LogP contribution in [-0.2, 0) is 4.79 Å². The van der Waals surface area contributed by atoms with Gasteiger partial charge in [-0.15, -0.1) is 0 Å². The first-order valence-corrected chi connectivity index (χ1v) is 7.88. The van der Waals surface area contributed by atoms with Crippen LogP contribution in [0.3, 0.4) is 0 Å². The van der Waals surface area contributed by atoms with Gasteiger partial charge in [0.05, 0.1) is 0 Å². The molecule has 2 fully saturated rings. The Balaban J connectivity index is 1.93. The van der Waals surface area contributed by atoms with Gasteiger partial charge in [0.1, 0.15) is 0 Å². The first-order chi connectivity index (χ1) is 9.13. The Kier molecular flexibility index (Phi) is 5.22. The van der Waals surface area contributed by atoms with Crippen molar-refractivity contribution in [2.75, 3.05) is 32.7 Å². The highest BCUT2D eigenvalue weighted by molar-refractivity contribution is 5.79. The lowest BCUT2D eigenvalue weighted by atomic mass is 9.96. The number of piperazine rings is 1. The maximum atomic E-state index is 12.6. The molecule has 2 heterocycles. The van der Waals surface area contributed by atoms with Gasteiger partial charge in [0.15, 0.2) is 0 Å². The third kappa shape index (κ3) is 3.48. The number of carbonyl (C=O) groups excluding carboxylic acids is 1. The van der Waals surface area contributed by atoms with Crippen LogP contribution >= 0.6 is 0 Å². The molecule has 4 nitrogen and oxygen atoms in total. The molecule has 0 bridgehead atoms. The maximum Gasteiger partial charge on any atom is 0.227 e. The lowest BCUT2D eigenvalue weighted by Gasteiger charge is -2.48. The summed E-state index contributed by atoms with van der Waals surface area (Å²) in [7, 11) is 0. The minimum Gasteiger partial charge on any atom is -0.337 e. The molecule has 0 spiro atoms. The van der Waals surface area contributed by atoms with E-state index < -0.39 is 0 Å². The van der Waals surface area contributed by atoms with Crippen LogP contribution < -0.4 is 5.32 Å². The topological polar surface area (TPSA) is 35.6 Å². The number of piperidine rings is 1. The Labute approximate surface area is 117 Å². The van der Waals surface area contributed by atoms with Gasteiger partial charge in [0, 0.05) is 37.6 Å². The van der Waals surface area contributed by atoms with E-state index in [4.69, 9.17) is 0 Å². The van der Waals surface area contributed by atoms with Crippen molar-refractivity contribution in [2.24, 2.45) is 5.92 Å². The minimum atomic E-state index is 0.0949. The van der Waals surface area contributed by atoms with Crippen LogP contribution in [-0.4, -0.2) is 60.5 Å². The summed E-state index contributed by atoms with van der Waals surface area (Å²) in [6, 6.07) is 0.978. The molecule has 110 valence electrons. The number of fused-ring (bicyclic) bond motifs is 1. The largest absolute Gasteiger partial charge is 0.337 e. The molecule has 1 N–H and O–H groups in total. The van der Waals surface area contributed by atoms with E-state index in [0.717, 1.165) is 26.2 Å². The lowest BCUT2D eigenvalue weighted by molar-refractivity contribution is -0.141. The van der Waals surface area contributed by atoms with Gasteiger partial charge in [-0.1, -0.05) is 20.3 Å². The summed E-state index contributed by atoms with van der Waals surface area (Å²) in [5, 5.41) is 3.28. The molecule has 0 aliphatic carbocycles. The fraction of sp³-hybridized carbons (Fsp3) is 0.933. The molecule has 0 saturated carbocycles. The minimum absolute atomic E-state index is 0.0949. The molecule has 0 aromatic heterocycles. The van der Waals surface area contributed by atoms with E-state index in [0.29, 0.717) is 18.0 Å². The number of rotatable bonds is 4. The van der Waals surface area contributed by atoms with Crippen molar-refractivity contribution in [3.63, 3.8) is 0 Å². The maximum absolute atomic E-state index is 12.6. The molecule has 2 aliphatic heterocycles. The third-order valence-electron chi connectivity index (χ3n) is 4.59. The zero-order valence-corrected chi connectivity index (χ0v) is 12.7. The number of hydrogen-bond acceptors (Lipinski definition) is 3. The lowest BCUT2D eigenvalue weighted by Crippen LogP contribution is -2.61. The fourth-order valence-electron chi connectivity index (χ4n) is 3.39. The van der Waals surface area contributed by atoms with Gasteiger partial charge >= 0.3 is 0 Å². The second-order valence-corrected chi connectivity index (χ2v) is 6.19. The Morgan fingerprint density at radius 3 is 2.89 bits per heavy atom. The zero-order valence-electron chi connectivity index (χ0n) is 12.7. The van der Waals surface area contributed by atoms with Crippen LogP contribution in [0.2, 0.25) is 0 Å². The van der Waals surface area contributed by atoms with Crippen LogP contribution in [0, 0.1) is 5.92 Å². The highest BCUT2D eigenvalue weighted by Crippen LogP contribution is 2.24. The molecule has 0 radical (unpaired) electrons. The van der Waals surface area contributed by atoms with Crippen LogP contribution in [0.15, 0.2) is 0 Å². The number of nitrogens with zero attached hydrogens (tertiary/aromatic N) is 2. The second-order valence-electron chi connectivity index (χ2n) is 6.19. The van der Waals surface area contributed by atoms with Crippen LogP contribution in [0.4, 0.5) is 0 Å². The van der Waals surface area contributed by atoms with Crippen LogP contribution in [0.25, 0.3) is 0 Å². The van der Waals surface area contributed by atoms with Gasteiger partial charge in [-0.25, -0.2) is 0 Å². The molecule has 2 aliphatic rings. The summed E-state index contributed by atoms with van der Waals surface area (Å²) < 4.78 is 0. The van der Waals surface area contributed by atoms with Crippen LogP contribution in [0.5, 0.6) is 0 Å². The standard InChI is InChI=1S/C15H29N3O/c1-4-16-9-12(2)15(19)18-11-14-7-5-6-8-17(14)10-13(18)3/h12-14,16H,4-11H2,1-3H3. The first-order valence-electron chi connectivity index (χ1n) is 7.88. The van der Waals surface area contributed by atoms with E-state index >= 15 is 0 Å². The molecule has 3 atom stereocenters. The number of nitrogens with one attached hydrogen (secondary N) is 1. The molecule has 0 aromatic carbocycles. The summed E-state index contributed by atoms with van der Waals surface area (Å²) in [6.07, 6.45) is 3.91. The van der Waals surface area contributed by atoms with Crippen molar-refractivity contribution >= 4 is 5.91 Å². The van der Waals surface area contributed by atoms with E-state index in [1.807, 2.05) is 6.92 Å². The summed E-state index contributed by atoms with van der Waals surface area (Å²) in [6.45, 7) is 11.3. The molecule has 3 unspecified atom stereocenters. The number of amides is 1. The first kappa shape index (κ1) is 14.8. The van der Waals surface area contributed by atoms with Crippen molar-refractivity contribution in [3.8, 4) is 0 Å². The Morgan fingerprint density at radius 1 is 1.37 bits per heavy atom. The van der Waals surface area contributed by atoms with E-state index in [-0.39, 0.29) is 5.92 Å².